The quantitative estimate of drug-likeness (QED) is 0.853. The molecule has 0 bridgehead atoms. The first-order chi connectivity index (χ1) is 8.65. The van der Waals surface area contributed by atoms with E-state index in [0.29, 0.717) is 0 Å². The van der Waals surface area contributed by atoms with E-state index < -0.39 is 0 Å². The average molecular weight is 248 g/mol. The predicted molar refractivity (Wildman–Crippen MR) is 67.5 cm³/mol. The Bertz CT molecular complexity index is 483. The Morgan fingerprint density at radius 3 is 2.89 bits per heavy atom. The minimum absolute atomic E-state index is 0.0936. The van der Waals surface area contributed by atoms with Crippen molar-refractivity contribution < 1.29 is 4.39 Å². The van der Waals surface area contributed by atoms with Gasteiger partial charge < -0.3 is 5.32 Å². The molecule has 2 rings (SSSR count). The van der Waals surface area contributed by atoms with Gasteiger partial charge >= 0.3 is 0 Å². The molecule has 0 aliphatic carbocycles. The van der Waals surface area contributed by atoms with Gasteiger partial charge in [-0.05, 0) is 38.0 Å². The zero-order valence-corrected chi connectivity index (χ0v) is 10.5. The van der Waals surface area contributed by atoms with Gasteiger partial charge in [0.2, 0.25) is 0 Å². The van der Waals surface area contributed by atoms with Crippen molar-refractivity contribution in [3.05, 3.63) is 47.8 Å². The lowest BCUT2D eigenvalue weighted by molar-refractivity contribution is 0.462. The molecule has 2 aromatic rings. The Balaban J connectivity index is 1.91. The third-order valence-electron chi connectivity index (χ3n) is 2.81. The normalized spacial score (nSPS) is 14.4. The second-order valence-corrected chi connectivity index (χ2v) is 4.49. The molecule has 2 unspecified atom stereocenters. The van der Waals surface area contributed by atoms with Crippen molar-refractivity contribution in [3.63, 3.8) is 0 Å². The van der Waals surface area contributed by atoms with E-state index >= 15 is 0 Å². The lowest BCUT2D eigenvalue weighted by Gasteiger charge is -2.18. The van der Waals surface area contributed by atoms with E-state index in [-0.39, 0.29) is 17.9 Å². The first kappa shape index (κ1) is 12.7. The van der Waals surface area contributed by atoms with E-state index in [4.69, 9.17) is 0 Å². The number of aromatic amines is 1. The number of hydrogen-bond donors (Lipinski definition) is 2. The van der Waals surface area contributed by atoms with Crippen LogP contribution in [0.15, 0.2) is 30.6 Å². The molecular weight excluding hydrogens is 231 g/mol. The first-order valence-electron chi connectivity index (χ1n) is 6.01. The molecule has 0 aliphatic heterocycles. The van der Waals surface area contributed by atoms with E-state index in [1.54, 1.807) is 12.1 Å². The van der Waals surface area contributed by atoms with Crippen molar-refractivity contribution in [1.29, 1.82) is 0 Å². The molecule has 2 N–H and O–H groups in total. The lowest BCUT2D eigenvalue weighted by atomic mass is 10.1. The van der Waals surface area contributed by atoms with Crippen molar-refractivity contribution in [2.24, 2.45) is 0 Å². The molecule has 5 heteroatoms. The summed E-state index contributed by atoms with van der Waals surface area (Å²) in [4.78, 5) is 4.10. The van der Waals surface area contributed by atoms with Gasteiger partial charge in [0.25, 0.3) is 0 Å². The summed E-state index contributed by atoms with van der Waals surface area (Å²) in [6.45, 7) is 4.08. The van der Waals surface area contributed by atoms with E-state index in [9.17, 15) is 4.39 Å². The van der Waals surface area contributed by atoms with Crippen molar-refractivity contribution in [2.75, 3.05) is 0 Å². The molecule has 0 aliphatic rings. The Kier molecular flexibility index (Phi) is 4.04. The maximum atomic E-state index is 13.1. The van der Waals surface area contributed by atoms with Gasteiger partial charge in [-0.2, -0.15) is 5.10 Å². The van der Waals surface area contributed by atoms with Crippen LogP contribution in [0.3, 0.4) is 0 Å². The lowest BCUT2D eigenvalue weighted by Crippen LogP contribution is -2.31. The number of halogens is 1. The molecule has 1 aromatic heterocycles. The number of hydrogen-bond acceptors (Lipinski definition) is 3. The van der Waals surface area contributed by atoms with Gasteiger partial charge in [0.1, 0.15) is 18.0 Å². The Hall–Kier alpha value is -1.75. The molecule has 1 heterocycles. The van der Waals surface area contributed by atoms with Gasteiger partial charge in [-0.3, -0.25) is 5.10 Å². The number of H-pyrrole nitrogens is 1. The highest BCUT2D eigenvalue weighted by Crippen LogP contribution is 2.10. The van der Waals surface area contributed by atoms with Gasteiger partial charge in [-0.1, -0.05) is 12.1 Å². The molecule has 2 atom stereocenters. The monoisotopic (exact) mass is 248 g/mol. The number of nitrogens with one attached hydrogen (secondary N) is 2. The summed E-state index contributed by atoms with van der Waals surface area (Å²) in [5.74, 6) is 0.615. The SMILES string of the molecule is CC(Cc1cccc(F)c1)NC(C)c1ncn[nH]1. The molecule has 4 nitrogen and oxygen atoms in total. The summed E-state index contributed by atoms with van der Waals surface area (Å²) < 4.78 is 13.1. The van der Waals surface area contributed by atoms with Crippen LogP contribution in [-0.2, 0) is 6.42 Å². The van der Waals surface area contributed by atoms with Gasteiger partial charge in [-0.25, -0.2) is 9.37 Å². The molecule has 18 heavy (non-hydrogen) atoms. The van der Waals surface area contributed by atoms with E-state index in [1.807, 2.05) is 13.0 Å². The van der Waals surface area contributed by atoms with E-state index in [0.717, 1.165) is 17.8 Å². The van der Waals surface area contributed by atoms with Crippen LogP contribution in [-0.4, -0.2) is 21.2 Å². The summed E-state index contributed by atoms with van der Waals surface area (Å²) in [7, 11) is 0. The van der Waals surface area contributed by atoms with E-state index in [2.05, 4.69) is 27.4 Å². The molecular formula is C13H17FN4. The van der Waals surface area contributed by atoms with Crippen LogP contribution in [0.4, 0.5) is 4.39 Å². The van der Waals surface area contributed by atoms with Gasteiger partial charge in [-0.15, -0.1) is 0 Å². The van der Waals surface area contributed by atoms with Gasteiger partial charge in [0.05, 0.1) is 6.04 Å². The minimum Gasteiger partial charge on any atom is -0.305 e. The highest BCUT2D eigenvalue weighted by atomic mass is 19.1. The number of nitrogens with zero attached hydrogens (tertiary/aromatic N) is 2. The van der Waals surface area contributed by atoms with Crippen molar-refractivity contribution in [1.82, 2.24) is 20.5 Å². The highest BCUT2D eigenvalue weighted by Gasteiger charge is 2.12. The van der Waals surface area contributed by atoms with Crippen molar-refractivity contribution in [3.8, 4) is 0 Å². The standard InChI is InChI=1S/C13H17FN4/c1-9(6-11-4-3-5-12(14)7-11)17-10(2)13-15-8-16-18-13/h3-5,7-10,17H,6H2,1-2H3,(H,15,16,18). The van der Waals surface area contributed by atoms with Crippen LogP contribution in [0.25, 0.3) is 0 Å². The number of rotatable bonds is 5. The van der Waals surface area contributed by atoms with Crippen molar-refractivity contribution in [2.45, 2.75) is 32.4 Å². The van der Waals surface area contributed by atoms with Crippen LogP contribution in [0.1, 0.15) is 31.3 Å². The molecule has 0 radical (unpaired) electrons. The van der Waals surface area contributed by atoms with Crippen LogP contribution < -0.4 is 5.32 Å². The fourth-order valence-electron chi connectivity index (χ4n) is 2.01. The highest BCUT2D eigenvalue weighted by molar-refractivity contribution is 5.17. The van der Waals surface area contributed by atoms with Gasteiger partial charge in [0.15, 0.2) is 0 Å². The molecule has 96 valence electrons. The molecule has 0 spiro atoms. The van der Waals surface area contributed by atoms with E-state index in [1.165, 1.54) is 12.4 Å². The number of benzene rings is 1. The fourth-order valence-corrected chi connectivity index (χ4v) is 2.01. The maximum absolute atomic E-state index is 13.1. The molecule has 0 saturated heterocycles. The number of aromatic nitrogens is 3. The summed E-state index contributed by atoms with van der Waals surface area (Å²) >= 11 is 0. The average Bonchev–Trinajstić information content (AvgIpc) is 2.81. The Morgan fingerprint density at radius 2 is 2.22 bits per heavy atom. The smallest absolute Gasteiger partial charge is 0.141 e. The third-order valence-corrected chi connectivity index (χ3v) is 2.81. The zero-order valence-electron chi connectivity index (χ0n) is 10.5. The molecule has 0 saturated carbocycles. The minimum atomic E-state index is -0.192. The molecule has 1 aromatic carbocycles. The van der Waals surface area contributed by atoms with Crippen LogP contribution in [0.2, 0.25) is 0 Å². The van der Waals surface area contributed by atoms with Crippen LogP contribution in [0.5, 0.6) is 0 Å². The topological polar surface area (TPSA) is 53.6 Å². The predicted octanol–water partition coefficient (Wildman–Crippen LogP) is 2.23. The summed E-state index contributed by atoms with van der Waals surface area (Å²) in [6, 6.07) is 7.01. The summed E-state index contributed by atoms with van der Waals surface area (Å²) in [6.07, 6.45) is 2.26. The molecule has 0 amide bonds. The van der Waals surface area contributed by atoms with Crippen molar-refractivity contribution >= 4 is 0 Å². The zero-order chi connectivity index (χ0) is 13.0. The largest absolute Gasteiger partial charge is 0.305 e. The van der Waals surface area contributed by atoms with Gasteiger partial charge in [0, 0.05) is 6.04 Å². The fraction of sp³-hybridized carbons (Fsp3) is 0.385. The first-order valence-corrected chi connectivity index (χ1v) is 6.01. The third kappa shape index (κ3) is 3.37. The Morgan fingerprint density at radius 1 is 1.39 bits per heavy atom. The second-order valence-electron chi connectivity index (χ2n) is 4.49. The summed E-state index contributed by atoms with van der Waals surface area (Å²) in [5.41, 5.74) is 0.986. The van der Waals surface area contributed by atoms with Crippen LogP contribution in [0, 0.1) is 5.82 Å². The maximum Gasteiger partial charge on any atom is 0.141 e. The summed E-state index contributed by atoms with van der Waals surface area (Å²) in [5, 5.41) is 10.0. The second kappa shape index (κ2) is 5.73. The molecule has 0 fully saturated rings. The Labute approximate surface area is 106 Å². The van der Waals surface area contributed by atoms with Crippen LogP contribution >= 0.6 is 0 Å².